The SMILES string of the molecule is N#Cc1ccc2oc(-c3cncc4c3OCCN4)cc2c1. The number of benzene rings is 1. The zero-order chi connectivity index (χ0) is 14.2. The van der Waals surface area contributed by atoms with E-state index in [-0.39, 0.29) is 0 Å². The van der Waals surface area contributed by atoms with Crippen LogP contribution in [0, 0.1) is 11.3 Å². The molecule has 0 spiro atoms. The molecular weight excluding hydrogens is 266 g/mol. The Bertz CT molecular complexity index is 877. The van der Waals surface area contributed by atoms with Crippen LogP contribution in [0.1, 0.15) is 5.56 Å². The van der Waals surface area contributed by atoms with Crippen LogP contribution in [0.15, 0.2) is 41.1 Å². The quantitative estimate of drug-likeness (QED) is 0.739. The first-order valence-corrected chi connectivity index (χ1v) is 6.64. The number of ether oxygens (including phenoxy) is 1. The molecule has 1 aliphatic heterocycles. The second kappa shape index (κ2) is 4.53. The highest BCUT2D eigenvalue weighted by atomic mass is 16.5. The number of rotatable bonds is 1. The number of aromatic nitrogens is 1. The topological polar surface area (TPSA) is 71.1 Å². The molecule has 1 N–H and O–H groups in total. The third-order valence-corrected chi connectivity index (χ3v) is 3.47. The Hall–Kier alpha value is -3.00. The lowest BCUT2D eigenvalue weighted by atomic mass is 10.1. The molecule has 3 heterocycles. The Balaban J connectivity index is 1.89. The number of nitrogens with zero attached hydrogens (tertiary/aromatic N) is 2. The standard InChI is InChI=1S/C16H11N3O2/c17-7-10-1-2-14-11(5-10)6-15(21-14)12-8-18-9-13-16(12)20-4-3-19-13/h1-2,5-6,8-9,19H,3-4H2. The van der Waals surface area contributed by atoms with E-state index in [4.69, 9.17) is 14.4 Å². The molecule has 4 rings (SSSR count). The van der Waals surface area contributed by atoms with Gasteiger partial charge in [-0.25, -0.2) is 0 Å². The fourth-order valence-corrected chi connectivity index (χ4v) is 2.49. The van der Waals surface area contributed by atoms with Crippen molar-refractivity contribution < 1.29 is 9.15 Å². The first kappa shape index (κ1) is 11.8. The average Bonchev–Trinajstić information content (AvgIpc) is 2.97. The summed E-state index contributed by atoms with van der Waals surface area (Å²) in [5.41, 5.74) is 3.04. The number of nitrogens with one attached hydrogen (secondary N) is 1. The maximum Gasteiger partial charge on any atom is 0.156 e. The van der Waals surface area contributed by atoms with Crippen LogP contribution in [-0.2, 0) is 0 Å². The molecule has 0 bridgehead atoms. The molecule has 2 aromatic heterocycles. The van der Waals surface area contributed by atoms with Crippen molar-refractivity contribution in [1.29, 1.82) is 5.26 Å². The van der Waals surface area contributed by atoms with E-state index in [2.05, 4.69) is 16.4 Å². The summed E-state index contributed by atoms with van der Waals surface area (Å²) in [7, 11) is 0. The van der Waals surface area contributed by atoms with E-state index in [0.29, 0.717) is 17.9 Å². The Morgan fingerprint density at radius 1 is 1.24 bits per heavy atom. The smallest absolute Gasteiger partial charge is 0.156 e. The van der Waals surface area contributed by atoms with Crippen molar-refractivity contribution in [1.82, 2.24) is 4.98 Å². The molecule has 5 heteroatoms. The number of fused-ring (bicyclic) bond motifs is 2. The van der Waals surface area contributed by atoms with Gasteiger partial charge in [0.1, 0.15) is 18.0 Å². The highest BCUT2D eigenvalue weighted by Gasteiger charge is 2.18. The molecule has 0 unspecified atom stereocenters. The van der Waals surface area contributed by atoms with E-state index >= 15 is 0 Å². The normalized spacial score (nSPS) is 13.1. The molecule has 1 aliphatic rings. The van der Waals surface area contributed by atoms with Gasteiger partial charge in [0.05, 0.1) is 29.1 Å². The maximum atomic E-state index is 8.96. The Kier molecular flexibility index (Phi) is 2.54. The maximum absolute atomic E-state index is 8.96. The lowest BCUT2D eigenvalue weighted by Gasteiger charge is -2.20. The number of hydrogen-bond donors (Lipinski definition) is 1. The van der Waals surface area contributed by atoms with E-state index in [1.165, 1.54) is 0 Å². The highest BCUT2D eigenvalue weighted by Crippen LogP contribution is 2.39. The number of furan rings is 1. The van der Waals surface area contributed by atoms with Gasteiger partial charge in [-0.1, -0.05) is 0 Å². The molecule has 1 aromatic carbocycles. The third-order valence-electron chi connectivity index (χ3n) is 3.47. The summed E-state index contributed by atoms with van der Waals surface area (Å²) in [5.74, 6) is 1.45. The van der Waals surface area contributed by atoms with Gasteiger partial charge in [0, 0.05) is 18.1 Å². The summed E-state index contributed by atoms with van der Waals surface area (Å²) in [6.45, 7) is 1.38. The van der Waals surface area contributed by atoms with Gasteiger partial charge in [-0.3, -0.25) is 4.98 Å². The van der Waals surface area contributed by atoms with Gasteiger partial charge in [-0.2, -0.15) is 5.26 Å². The second-order valence-electron chi connectivity index (χ2n) is 4.81. The van der Waals surface area contributed by atoms with Crippen molar-refractivity contribution in [2.75, 3.05) is 18.5 Å². The summed E-state index contributed by atoms with van der Waals surface area (Å²) < 4.78 is 11.6. The molecule has 0 saturated carbocycles. The summed E-state index contributed by atoms with van der Waals surface area (Å²) in [5, 5.41) is 13.1. The minimum absolute atomic E-state index is 0.612. The summed E-state index contributed by atoms with van der Waals surface area (Å²) in [4.78, 5) is 4.22. The molecule has 0 fully saturated rings. The molecule has 5 nitrogen and oxygen atoms in total. The van der Waals surface area contributed by atoms with Crippen molar-refractivity contribution in [2.45, 2.75) is 0 Å². The summed E-state index contributed by atoms with van der Waals surface area (Å²) in [6.07, 6.45) is 3.48. The monoisotopic (exact) mass is 277 g/mol. The van der Waals surface area contributed by atoms with Gasteiger partial charge in [-0.15, -0.1) is 0 Å². The number of nitriles is 1. The van der Waals surface area contributed by atoms with Gasteiger partial charge >= 0.3 is 0 Å². The average molecular weight is 277 g/mol. The minimum atomic E-state index is 0.612. The van der Waals surface area contributed by atoms with Crippen LogP contribution in [0.25, 0.3) is 22.3 Å². The molecule has 0 saturated heterocycles. The van der Waals surface area contributed by atoms with Crippen molar-refractivity contribution in [3.05, 3.63) is 42.2 Å². The van der Waals surface area contributed by atoms with E-state index in [1.807, 2.05) is 12.1 Å². The predicted molar refractivity (Wildman–Crippen MR) is 78.1 cm³/mol. The van der Waals surface area contributed by atoms with Crippen LogP contribution < -0.4 is 10.1 Å². The largest absolute Gasteiger partial charge is 0.489 e. The van der Waals surface area contributed by atoms with E-state index in [0.717, 1.165) is 34.5 Å². The third kappa shape index (κ3) is 1.89. The zero-order valence-electron chi connectivity index (χ0n) is 11.1. The predicted octanol–water partition coefficient (Wildman–Crippen LogP) is 3.17. The fourth-order valence-electron chi connectivity index (χ4n) is 2.49. The van der Waals surface area contributed by atoms with E-state index < -0.39 is 0 Å². The second-order valence-corrected chi connectivity index (χ2v) is 4.81. The van der Waals surface area contributed by atoms with Crippen LogP contribution in [0.4, 0.5) is 5.69 Å². The van der Waals surface area contributed by atoms with Gasteiger partial charge in [0.25, 0.3) is 0 Å². The van der Waals surface area contributed by atoms with Gasteiger partial charge in [0.15, 0.2) is 5.75 Å². The fraction of sp³-hybridized carbons (Fsp3) is 0.125. The molecule has 0 atom stereocenters. The van der Waals surface area contributed by atoms with Crippen LogP contribution >= 0.6 is 0 Å². The van der Waals surface area contributed by atoms with Crippen molar-refractivity contribution in [3.8, 4) is 23.1 Å². The van der Waals surface area contributed by atoms with Crippen molar-refractivity contribution in [2.24, 2.45) is 0 Å². The van der Waals surface area contributed by atoms with Gasteiger partial charge in [0.2, 0.25) is 0 Å². The molecule has 102 valence electrons. The number of pyridine rings is 1. The minimum Gasteiger partial charge on any atom is -0.489 e. The number of anilines is 1. The van der Waals surface area contributed by atoms with Gasteiger partial charge < -0.3 is 14.5 Å². The Labute approximate surface area is 120 Å². The summed E-state index contributed by atoms with van der Waals surface area (Å²) >= 11 is 0. The Morgan fingerprint density at radius 3 is 3.10 bits per heavy atom. The number of hydrogen-bond acceptors (Lipinski definition) is 5. The molecule has 3 aromatic rings. The molecule has 0 aliphatic carbocycles. The first-order valence-electron chi connectivity index (χ1n) is 6.64. The van der Waals surface area contributed by atoms with E-state index in [1.54, 1.807) is 24.5 Å². The van der Waals surface area contributed by atoms with Crippen LogP contribution in [-0.4, -0.2) is 18.1 Å². The van der Waals surface area contributed by atoms with E-state index in [9.17, 15) is 0 Å². The summed E-state index contributed by atoms with van der Waals surface area (Å²) in [6, 6.07) is 9.39. The molecule has 21 heavy (non-hydrogen) atoms. The Morgan fingerprint density at radius 2 is 2.19 bits per heavy atom. The zero-order valence-corrected chi connectivity index (χ0v) is 11.1. The molecule has 0 radical (unpaired) electrons. The highest BCUT2D eigenvalue weighted by molar-refractivity contribution is 5.86. The van der Waals surface area contributed by atoms with Crippen LogP contribution in [0.5, 0.6) is 5.75 Å². The van der Waals surface area contributed by atoms with Crippen LogP contribution in [0.2, 0.25) is 0 Å². The first-order chi connectivity index (χ1) is 10.3. The molecular formula is C16H11N3O2. The molecule has 0 amide bonds. The van der Waals surface area contributed by atoms with Gasteiger partial charge in [-0.05, 0) is 24.3 Å². The van der Waals surface area contributed by atoms with Crippen molar-refractivity contribution >= 4 is 16.7 Å². The van der Waals surface area contributed by atoms with Crippen LogP contribution in [0.3, 0.4) is 0 Å². The lowest BCUT2D eigenvalue weighted by molar-refractivity contribution is 0.323. The van der Waals surface area contributed by atoms with Crippen molar-refractivity contribution in [3.63, 3.8) is 0 Å². The lowest BCUT2D eigenvalue weighted by Crippen LogP contribution is -2.18.